The van der Waals surface area contributed by atoms with E-state index in [0.29, 0.717) is 13.0 Å². The van der Waals surface area contributed by atoms with Crippen LogP contribution in [0.4, 0.5) is 0 Å². The molecule has 2 atom stereocenters. The average molecular weight is 203 g/mol. The van der Waals surface area contributed by atoms with Crippen LogP contribution < -0.4 is 11.1 Å². The van der Waals surface area contributed by atoms with Crippen LogP contribution in [0, 0.1) is 0 Å². The van der Waals surface area contributed by atoms with E-state index in [2.05, 4.69) is 5.32 Å². The number of nitrogens with two attached hydrogens (primary N) is 1. The molecule has 0 fully saturated rings. The molecule has 0 radical (unpaired) electrons. The highest BCUT2D eigenvalue weighted by Crippen LogP contribution is 1.88. The van der Waals surface area contributed by atoms with Crippen molar-refractivity contribution in [3.8, 4) is 0 Å². The first kappa shape index (κ1) is 13.4. The van der Waals surface area contributed by atoms with Crippen molar-refractivity contribution < 1.29 is 9.90 Å². The second-order valence-electron chi connectivity index (χ2n) is 3.76. The number of amides is 1. The summed E-state index contributed by atoms with van der Waals surface area (Å²) in [5, 5.41) is 11.7. The third kappa shape index (κ3) is 6.82. The maximum Gasteiger partial charge on any atom is 0.221 e. The number of nitrogens with zero attached hydrogens (tertiary/aromatic N) is 1. The van der Waals surface area contributed by atoms with Crippen molar-refractivity contribution in [2.45, 2.75) is 25.5 Å². The highest BCUT2D eigenvalue weighted by molar-refractivity contribution is 5.76. The van der Waals surface area contributed by atoms with Crippen molar-refractivity contribution in [1.82, 2.24) is 10.2 Å². The summed E-state index contributed by atoms with van der Waals surface area (Å²) in [7, 11) is 3.82. The number of hydrogen-bond donors (Lipinski definition) is 3. The summed E-state index contributed by atoms with van der Waals surface area (Å²) in [6.45, 7) is 2.65. The summed E-state index contributed by atoms with van der Waals surface area (Å²) in [6.07, 6.45) is -0.136. The number of carbonyl (C=O) groups is 1. The molecule has 0 saturated carbocycles. The molecular formula is C9H21N3O2. The minimum atomic E-state index is -0.593. The molecule has 0 aromatic rings. The molecule has 14 heavy (non-hydrogen) atoms. The van der Waals surface area contributed by atoms with Gasteiger partial charge in [0.25, 0.3) is 0 Å². The number of nitrogens with one attached hydrogen (secondary N) is 1. The SMILES string of the molecule is CC(O)C(N)CNC(=O)CCN(C)C. The molecule has 0 saturated heterocycles. The second-order valence-corrected chi connectivity index (χ2v) is 3.76. The van der Waals surface area contributed by atoms with Gasteiger partial charge in [0.05, 0.1) is 6.10 Å². The van der Waals surface area contributed by atoms with Gasteiger partial charge in [-0.15, -0.1) is 0 Å². The first-order valence-electron chi connectivity index (χ1n) is 4.78. The standard InChI is InChI=1S/C9H21N3O2/c1-7(13)8(10)6-11-9(14)4-5-12(2)3/h7-8,13H,4-6,10H2,1-3H3,(H,11,14). The predicted molar refractivity (Wildman–Crippen MR) is 55.8 cm³/mol. The minimum absolute atomic E-state index is 0.0326. The molecule has 0 spiro atoms. The highest BCUT2D eigenvalue weighted by Gasteiger charge is 2.10. The Morgan fingerprint density at radius 3 is 2.57 bits per heavy atom. The maximum atomic E-state index is 11.2. The smallest absolute Gasteiger partial charge is 0.221 e. The topological polar surface area (TPSA) is 78.6 Å². The molecule has 5 heteroatoms. The summed E-state index contributed by atoms with van der Waals surface area (Å²) in [5.74, 6) is -0.0326. The fourth-order valence-corrected chi connectivity index (χ4v) is 0.816. The molecule has 84 valence electrons. The van der Waals surface area contributed by atoms with E-state index in [1.165, 1.54) is 0 Å². The van der Waals surface area contributed by atoms with E-state index in [9.17, 15) is 4.79 Å². The van der Waals surface area contributed by atoms with Crippen molar-refractivity contribution >= 4 is 5.91 Å². The van der Waals surface area contributed by atoms with Gasteiger partial charge in [0.2, 0.25) is 5.91 Å². The maximum absolute atomic E-state index is 11.2. The lowest BCUT2D eigenvalue weighted by atomic mass is 10.2. The van der Waals surface area contributed by atoms with Crippen LogP contribution in [0.5, 0.6) is 0 Å². The monoisotopic (exact) mass is 203 g/mol. The van der Waals surface area contributed by atoms with Gasteiger partial charge < -0.3 is 21.1 Å². The van der Waals surface area contributed by atoms with E-state index in [4.69, 9.17) is 10.8 Å². The lowest BCUT2D eigenvalue weighted by molar-refractivity contribution is -0.121. The molecule has 1 amide bonds. The van der Waals surface area contributed by atoms with Gasteiger partial charge in [-0.25, -0.2) is 0 Å². The number of aliphatic hydroxyl groups is 1. The third-order valence-corrected chi connectivity index (χ3v) is 1.94. The van der Waals surface area contributed by atoms with Crippen LogP contribution in [0.25, 0.3) is 0 Å². The lowest BCUT2D eigenvalue weighted by Crippen LogP contribution is -2.44. The van der Waals surface area contributed by atoms with Crippen molar-refractivity contribution in [3.63, 3.8) is 0 Å². The Balaban J connectivity index is 3.54. The third-order valence-electron chi connectivity index (χ3n) is 1.94. The zero-order chi connectivity index (χ0) is 11.1. The molecule has 0 aliphatic rings. The predicted octanol–water partition coefficient (Wildman–Crippen LogP) is -1.24. The summed E-state index contributed by atoms with van der Waals surface area (Å²) >= 11 is 0. The fraction of sp³-hybridized carbons (Fsp3) is 0.889. The fourth-order valence-electron chi connectivity index (χ4n) is 0.816. The minimum Gasteiger partial charge on any atom is -0.392 e. The Bertz CT molecular complexity index is 171. The van der Waals surface area contributed by atoms with Gasteiger partial charge in [0.1, 0.15) is 0 Å². The molecule has 2 unspecified atom stereocenters. The Morgan fingerprint density at radius 2 is 2.14 bits per heavy atom. The Morgan fingerprint density at radius 1 is 1.57 bits per heavy atom. The quantitative estimate of drug-likeness (QED) is 0.505. The summed E-state index contributed by atoms with van der Waals surface area (Å²) < 4.78 is 0. The van der Waals surface area contributed by atoms with Gasteiger partial charge >= 0.3 is 0 Å². The van der Waals surface area contributed by atoms with E-state index in [1.807, 2.05) is 19.0 Å². The van der Waals surface area contributed by atoms with Crippen LogP contribution in [0.1, 0.15) is 13.3 Å². The van der Waals surface area contributed by atoms with E-state index in [1.54, 1.807) is 6.92 Å². The zero-order valence-electron chi connectivity index (χ0n) is 9.16. The summed E-state index contributed by atoms with van der Waals surface area (Å²) in [6, 6.07) is -0.390. The molecule has 0 heterocycles. The largest absolute Gasteiger partial charge is 0.392 e. The Labute approximate surface area is 85.3 Å². The molecule has 0 aromatic heterocycles. The average Bonchev–Trinajstić information content (AvgIpc) is 2.10. The van der Waals surface area contributed by atoms with Crippen LogP contribution in [0.15, 0.2) is 0 Å². The molecule has 0 aliphatic carbocycles. The summed E-state index contributed by atoms with van der Waals surface area (Å²) in [4.78, 5) is 13.1. The van der Waals surface area contributed by atoms with Gasteiger partial charge in [-0.1, -0.05) is 0 Å². The van der Waals surface area contributed by atoms with Crippen LogP contribution in [-0.4, -0.2) is 55.2 Å². The lowest BCUT2D eigenvalue weighted by Gasteiger charge is -2.15. The second kappa shape index (κ2) is 6.75. The molecule has 0 rings (SSSR count). The van der Waals surface area contributed by atoms with E-state index < -0.39 is 12.1 Å². The zero-order valence-corrected chi connectivity index (χ0v) is 9.16. The van der Waals surface area contributed by atoms with E-state index in [0.717, 1.165) is 6.54 Å². The number of hydrogen-bond acceptors (Lipinski definition) is 4. The highest BCUT2D eigenvalue weighted by atomic mass is 16.3. The first-order chi connectivity index (χ1) is 6.43. The van der Waals surface area contributed by atoms with Crippen LogP contribution in [0.3, 0.4) is 0 Å². The number of carbonyl (C=O) groups excluding carboxylic acids is 1. The first-order valence-corrected chi connectivity index (χ1v) is 4.78. The Hall–Kier alpha value is -0.650. The van der Waals surface area contributed by atoms with Gasteiger partial charge in [0.15, 0.2) is 0 Å². The van der Waals surface area contributed by atoms with Crippen molar-refractivity contribution in [2.75, 3.05) is 27.2 Å². The molecule has 4 N–H and O–H groups in total. The molecule has 0 aliphatic heterocycles. The van der Waals surface area contributed by atoms with Crippen LogP contribution >= 0.6 is 0 Å². The summed E-state index contributed by atoms with van der Waals surface area (Å²) in [5.41, 5.74) is 5.55. The Kier molecular flexibility index (Phi) is 6.44. The van der Waals surface area contributed by atoms with Gasteiger partial charge in [0, 0.05) is 25.6 Å². The van der Waals surface area contributed by atoms with Crippen molar-refractivity contribution in [1.29, 1.82) is 0 Å². The van der Waals surface area contributed by atoms with Crippen LogP contribution in [0.2, 0.25) is 0 Å². The molecular weight excluding hydrogens is 182 g/mol. The van der Waals surface area contributed by atoms with E-state index in [-0.39, 0.29) is 5.91 Å². The molecule has 5 nitrogen and oxygen atoms in total. The molecule has 0 aromatic carbocycles. The van der Waals surface area contributed by atoms with Gasteiger partial charge in [-0.2, -0.15) is 0 Å². The molecule has 0 bridgehead atoms. The number of aliphatic hydroxyl groups excluding tert-OH is 1. The van der Waals surface area contributed by atoms with E-state index >= 15 is 0 Å². The van der Waals surface area contributed by atoms with Crippen LogP contribution in [-0.2, 0) is 4.79 Å². The van der Waals surface area contributed by atoms with Gasteiger partial charge in [-0.05, 0) is 21.0 Å². The number of rotatable bonds is 6. The van der Waals surface area contributed by atoms with Crippen molar-refractivity contribution in [3.05, 3.63) is 0 Å². The van der Waals surface area contributed by atoms with Crippen molar-refractivity contribution in [2.24, 2.45) is 5.73 Å². The van der Waals surface area contributed by atoms with Gasteiger partial charge in [-0.3, -0.25) is 4.79 Å². The normalized spacial score (nSPS) is 15.3.